The Bertz CT molecular complexity index is 612. The van der Waals surface area contributed by atoms with Crippen LogP contribution in [-0.4, -0.2) is 27.9 Å². The Morgan fingerprint density at radius 3 is 2.83 bits per heavy atom. The van der Waals surface area contributed by atoms with Crippen molar-refractivity contribution in [3.05, 3.63) is 34.7 Å². The summed E-state index contributed by atoms with van der Waals surface area (Å²) in [6.45, 7) is 1.32. The molecule has 7 heteroatoms. The molecule has 2 aromatic rings. The largest absolute Gasteiger partial charge is 0.479 e. The van der Waals surface area contributed by atoms with Crippen LogP contribution in [0.15, 0.2) is 18.2 Å². The number of Topliss-reactive ketones (excluding diaryl/α,β-unsaturated/α-hetero) is 1. The fourth-order valence-electron chi connectivity index (χ4n) is 1.49. The van der Waals surface area contributed by atoms with E-state index < -0.39 is 5.82 Å². The van der Waals surface area contributed by atoms with E-state index in [-0.39, 0.29) is 28.1 Å². The van der Waals surface area contributed by atoms with Gasteiger partial charge < -0.3 is 4.74 Å². The Balaban J connectivity index is 2.65. The number of methoxy groups -OCH3 is 1. The van der Waals surface area contributed by atoms with Gasteiger partial charge in [-0.15, -0.1) is 5.10 Å². The number of hydrogen-bond donors (Lipinski definition) is 0. The molecule has 0 aliphatic carbocycles. The molecule has 0 atom stereocenters. The fourth-order valence-corrected chi connectivity index (χ4v) is 1.66. The average Bonchev–Trinajstić information content (AvgIpc) is 2.76. The third kappa shape index (κ3) is 1.95. The maximum atomic E-state index is 13.9. The molecule has 0 radical (unpaired) electrons. The minimum absolute atomic E-state index is 0.0388. The molecule has 18 heavy (non-hydrogen) atoms. The molecule has 0 aliphatic rings. The van der Waals surface area contributed by atoms with E-state index in [9.17, 15) is 9.18 Å². The second-order valence-electron chi connectivity index (χ2n) is 3.49. The van der Waals surface area contributed by atoms with Gasteiger partial charge in [0.1, 0.15) is 5.69 Å². The van der Waals surface area contributed by atoms with E-state index in [0.29, 0.717) is 0 Å². The highest BCUT2D eigenvalue weighted by atomic mass is 35.5. The van der Waals surface area contributed by atoms with Crippen LogP contribution in [-0.2, 0) is 0 Å². The van der Waals surface area contributed by atoms with Gasteiger partial charge in [0.2, 0.25) is 5.88 Å². The van der Waals surface area contributed by atoms with Crippen LogP contribution >= 0.6 is 11.6 Å². The van der Waals surface area contributed by atoms with Gasteiger partial charge in [-0.05, 0) is 12.1 Å². The second-order valence-corrected chi connectivity index (χ2v) is 3.90. The zero-order valence-corrected chi connectivity index (χ0v) is 10.4. The summed E-state index contributed by atoms with van der Waals surface area (Å²) in [7, 11) is 1.35. The van der Waals surface area contributed by atoms with Crippen LogP contribution in [0.3, 0.4) is 0 Å². The quantitative estimate of drug-likeness (QED) is 0.802. The molecular weight excluding hydrogens is 261 g/mol. The molecule has 0 unspecified atom stereocenters. The van der Waals surface area contributed by atoms with E-state index in [2.05, 4.69) is 10.3 Å². The molecule has 1 aromatic heterocycles. The van der Waals surface area contributed by atoms with Crippen LogP contribution in [0.5, 0.6) is 5.88 Å². The highest BCUT2D eigenvalue weighted by molar-refractivity contribution is 6.30. The Morgan fingerprint density at radius 2 is 2.22 bits per heavy atom. The second kappa shape index (κ2) is 4.73. The normalized spacial score (nSPS) is 10.4. The van der Waals surface area contributed by atoms with Crippen molar-refractivity contribution in [2.24, 2.45) is 0 Å². The van der Waals surface area contributed by atoms with Gasteiger partial charge in [-0.3, -0.25) is 4.79 Å². The molecule has 0 spiro atoms. The number of carbonyl (C=O) groups excluding carboxylic acids is 1. The van der Waals surface area contributed by atoms with Gasteiger partial charge in [0.15, 0.2) is 17.3 Å². The number of ketones is 1. The standard InChI is InChI=1S/C11H9ClFN3O2/c1-6(17)10-11(18-2)16(15-14-10)8-5-3-4-7(12)9(8)13/h3-5H,1-2H3. The summed E-state index contributed by atoms with van der Waals surface area (Å²) >= 11 is 5.68. The van der Waals surface area contributed by atoms with Crippen molar-refractivity contribution >= 4 is 17.4 Å². The van der Waals surface area contributed by atoms with Crippen LogP contribution in [0.1, 0.15) is 17.4 Å². The number of hydrogen-bond acceptors (Lipinski definition) is 4. The third-order valence-corrected chi connectivity index (χ3v) is 2.61. The molecular formula is C11H9ClFN3O2. The third-order valence-electron chi connectivity index (χ3n) is 2.32. The summed E-state index contributed by atoms with van der Waals surface area (Å²) in [5, 5.41) is 7.32. The first-order valence-electron chi connectivity index (χ1n) is 5.01. The monoisotopic (exact) mass is 269 g/mol. The SMILES string of the molecule is COc1c(C(C)=O)nnn1-c1cccc(Cl)c1F. The molecule has 0 saturated heterocycles. The minimum Gasteiger partial charge on any atom is -0.479 e. The number of benzene rings is 1. The number of aromatic nitrogens is 3. The average molecular weight is 270 g/mol. The van der Waals surface area contributed by atoms with Crippen LogP contribution < -0.4 is 4.74 Å². The van der Waals surface area contributed by atoms with E-state index in [1.54, 1.807) is 6.07 Å². The Kier molecular flexibility index (Phi) is 3.29. The van der Waals surface area contributed by atoms with Gasteiger partial charge in [0.05, 0.1) is 12.1 Å². The lowest BCUT2D eigenvalue weighted by Gasteiger charge is -2.07. The van der Waals surface area contributed by atoms with Crippen molar-refractivity contribution in [2.75, 3.05) is 7.11 Å². The molecule has 5 nitrogen and oxygen atoms in total. The smallest absolute Gasteiger partial charge is 0.248 e. The van der Waals surface area contributed by atoms with Crippen molar-refractivity contribution in [3.8, 4) is 11.6 Å². The predicted octanol–water partition coefficient (Wildman–Crippen LogP) is 2.27. The minimum atomic E-state index is -0.655. The molecule has 0 saturated carbocycles. The van der Waals surface area contributed by atoms with Crippen molar-refractivity contribution in [1.82, 2.24) is 15.0 Å². The van der Waals surface area contributed by atoms with Crippen LogP contribution in [0.25, 0.3) is 5.69 Å². The van der Waals surface area contributed by atoms with Gasteiger partial charge in [-0.2, -0.15) is 4.68 Å². The maximum Gasteiger partial charge on any atom is 0.248 e. The first kappa shape index (κ1) is 12.5. The highest BCUT2D eigenvalue weighted by Crippen LogP contribution is 2.26. The van der Waals surface area contributed by atoms with Crippen molar-refractivity contribution in [2.45, 2.75) is 6.92 Å². The lowest BCUT2D eigenvalue weighted by molar-refractivity contribution is 0.101. The summed E-state index contributed by atoms with van der Waals surface area (Å²) < 4.78 is 20.0. The van der Waals surface area contributed by atoms with E-state index in [1.165, 1.54) is 26.2 Å². The Morgan fingerprint density at radius 1 is 1.50 bits per heavy atom. The molecule has 94 valence electrons. The van der Waals surface area contributed by atoms with Crippen molar-refractivity contribution in [3.63, 3.8) is 0 Å². The Hall–Kier alpha value is -1.95. The Labute approximate surface area is 107 Å². The molecule has 0 bridgehead atoms. The van der Waals surface area contributed by atoms with E-state index in [0.717, 1.165) is 4.68 Å². The fraction of sp³-hybridized carbons (Fsp3) is 0.182. The zero-order valence-electron chi connectivity index (χ0n) is 9.65. The number of ether oxygens (including phenoxy) is 1. The molecule has 0 N–H and O–H groups in total. The van der Waals surface area contributed by atoms with E-state index in [4.69, 9.17) is 16.3 Å². The summed E-state index contributed by atoms with van der Waals surface area (Å²) in [6, 6.07) is 4.44. The molecule has 1 aromatic carbocycles. The topological polar surface area (TPSA) is 57.0 Å². The van der Waals surface area contributed by atoms with Crippen LogP contribution in [0.4, 0.5) is 4.39 Å². The van der Waals surface area contributed by atoms with Gasteiger partial charge in [0.25, 0.3) is 0 Å². The molecule has 0 aliphatic heterocycles. The van der Waals surface area contributed by atoms with Gasteiger partial charge in [-0.1, -0.05) is 22.9 Å². The van der Waals surface area contributed by atoms with E-state index in [1.807, 2.05) is 0 Å². The van der Waals surface area contributed by atoms with Crippen LogP contribution in [0, 0.1) is 5.82 Å². The maximum absolute atomic E-state index is 13.9. The van der Waals surface area contributed by atoms with Gasteiger partial charge in [-0.25, -0.2) is 4.39 Å². The first-order chi connectivity index (χ1) is 8.56. The van der Waals surface area contributed by atoms with Crippen molar-refractivity contribution < 1.29 is 13.9 Å². The number of nitrogens with zero attached hydrogens (tertiary/aromatic N) is 3. The predicted molar refractivity (Wildman–Crippen MR) is 62.9 cm³/mol. The van der Waals surface area contributed by atoms with Gasteiger partial charge >= 0.3 is 0 Å². The number of rotatable bonds is 3. The van der Waals surface area contributed by atoms with Gasteiger partial charge in [0, 0.05) is 6.92 Å². The number of halogens is 2. The molecule has 1 heterocycles. The first-order valence-corrected chi connectivity index (χ1v) is 5.39. The van der Waals surface area contributed by atoms with E-state index >= 15 is 0 Å². The zero-order chi connectivity index (χ0) is 13.3. The van der Waals surface area contributed by atoms with Crippen LogP contribution in [0.2, 0.25) is 5.02 Å². The molecule has 2 rings (SSSR count). The number of carbonyl (C=O) groups is 1. The lowest BCUT2D eigenvalue weighted by atomic mass is 10.3. The van der Waals surface area contributed by atoms with Crippen molar-refractivity contribution in [1.29, 1.82) is 0 Å². The summed E-state index contributed by atoms with van der Waals surface area (Å²) in [4.78, 5) is 11.3. The summed E-state index contributed by atoms with van der Waals surface area (Å²) in [5.41, 5.74) is 0.108. The highest BCUT2D eigenvalue weighted by Gasteiger charge is 2.21. The molecule has 0 fully saturated rings. The summed E-state index contributed by atoms with van der Waals surface area (Å²) in [5.74, 6) is -0.901. The molecule has 0 amide bonds. The lowest BCUT2D eigenvalue weighted by Crippen LogP contribution is -2.04. The summed E-state index contributed by atoms with van der Waals surface area (Å²) in [6.07, 6.45) is 0.